The first-order valence-electron chi connectivity index (χ1n) is 7.87. The van der Waals surface area contributed by atoms with Gasteiger partial charge in [0.15, 0.2) is 0 Å². The molecule has 120 valence electrons. The molecule has 3 rings (SSSR count). The number of thioether (sulfide) groups is 2. The van der Waals surface area contributed by atoms with Crippen molar-refractivity contribution in [2.45, 2.75) is 49.5 Å². The standard InChI is InChI=1S/C17H23NO2S2/c1-13-10-17(21-8-9-22-17)11-14(2)18(13)16(19)20-12-15-6-4-3-5-7-15/h3-7,13-14H,8-12H2,1-2H3/t13-,14+. The zero-order valence-corrected chi connectivity index (χ0v) is 14.8. The summed E-state index contributed by atoms with van der Waals surface area (Å²) < 4.78 is 5.86. The Kier molecular flexibility index (Phi) is 4.93. The summed E-state index contributed by atoms with van der Waals surface area (Å²) in [6, 6.07) is 10.3. The number of nitrogens with zero attached hydrogens (tertiary/aromatic N) is 1. The third-order valence-corrected chi connectivity index (χ3v) is 7.89. The minimum absolute atomic E-state index is 0.174. The first-order chi connectivity index (χ1) is 10.6. The molecular formula is C17H23NO2S2. The van der Waals surface area contributed by atoms with Crippen LogP contribution in [0, 0.1) is 0 Å². The molecule has 22 heavy (non-hydrogen) atoms. The van der Waals surface area contributed by atoms with E-state index in [0.717, 1.165) is 18.4 Å². The van der Waals surface area contributed by atoms with E-state index in [0.29, 0.717) is 10.7 Å². The van der Waals surface area contributed by atoms with E-state index in [-0.39, 0.29) is 18.2 Å². The SMILES string of the molecule is C[C@@H]1CC2(C[C@H](C)N1C(=O)OCc1ccccc1)SCCS2. The highest BCUT2D eigenvalue weighted by atomic mass is 32.2. The molecule has 0 radical (unpaired) electrons. The van der Waals surface area contributed by atoms with Crippen molar-refractivity contribution in [3.63, 3.8) is 0 Å². The molecule has 2 aliphatic rings. The Hall–Kier alpha value is -0.810. The molecule has 2 saturated heterocycles. The van der Waals surface area contributed by atoms with Crippen LogP contribution in [0.1, 0.15) is 32.3 Å². The van der Waals surface area contributed by atoms with E-state index >= 15 is 0 Å². The maximum atomic E-state index is 12.5. The van der Waals surface area contributed by atoms with Gasteiger partial charge in [0.05, 0.1) is 4.08 Å². The molecule has 0 unspecified atom stereocenters. The van der Waals surface area contributed by atoms with Gasteiger partial charge in [0.2, 0.25) is 0 Å². The van der Waals surface area contributed by atoms with Crippen molar-refractivity contribution < 1.29 is 9.53 Å². The maximum Gasteiger partial charge on any atom is 0.410 e. The van der Waals surface area contributed by atoms with Crippen LogP contribution < -0.4 is 0 Å². The van der Waals surface area contributed by atoms with E-state index in [4.69, 9.17) is 4.74 Å². The summed E-state index contributed by atoms with van der Waals surface area (Å²) in [5, 5.41) is 0. The van der Waals surface area contributed by atoms with Crippen molar-refractivity contribution in [3.8, 4) is 0 Å². The Morgan fingerprint density at radius 3 is 2.36 bits per heavy atom. The predicted molar refractivity (Wildman–Crippen MR) is 94.3 cm³/mol. The molecule has 0 aliphatic carbocycles. The lowest BCUT2D eigenvalue weighted by Gasteiger charge is -2.46. The number of hydrogen-bond donors (Lipinski definition) is 0. The number of likely N-dealkylation sites (tertiary alicyclic amines) is 1. The second-order valence-corrected chi connectivity index (χ2v) is 9.38. The Labute approximate surface area is 141 Å². The van der Waals surface area contributed by atoms with Gasteiger partial charge in [-0.3, -0.25) is 0 Å². The summed E-state index contributed by atoms with van der Waals surface area (Å²) in [5.41, 5.74) is 1.03. The summed E-state index contributed by atoms with van der Waals surface area (Å²) in [6.07, 6.45) is 1.95. The number of carbonyl (C=O) groups excluding carboxylic acids is 1. The van der Waals surface area contributed by atoms with Gasteiger partial charge in [-0.25, -0.2) is 4.79 Å². The topological polar surface area (TPSA) is 29.5 Å². The molecule has 2 aliphatic heterocycles. The molecule has 3 nitrogen and oxygen atoms in total. The molecule has 1 spiro atoms. The summed E-state index contributed by atoms with van der Waals surface area (Å²) in [4.78, 5) is 14.4. The van der Waals surface area contributed by atoms with E-state index in [1.165, 1.54) is 11.5 Å². The van der Waals surface area contributed by atoms with Crippen LogP contribution in [0.25, 0.3) is 0 Å². The minimum atomic E-state index is -0.174. The molecular weight excluding hydrogens is 314 g/mol. The van der Waals surface area contributed by atoms with Crippen LogP contribution >= 0.6 is 23.5 Å². The highest BCUT2D eigenvalue weighted by Gasteiger charge is 2.46. The van der Waals surface area contributed by atoms with Crippen LogP contribution in [0.5, 0.6) is 0 Å². The number of piperidine rings is 1. The first kappa shape index (κ1) is 16.1. The van der Waals surface area contributed by atoms with Gasteiger partial charge in [0.25, 0.3) is 0 Å². The third kappa shape index (κ3) is 3.40. The van der Waals surface area contributed by atoms with Gasteiger partial charge >= 0.3 is 6.09 Å². The Morgan fingerprint density at radius 1 is 1.18 bits per heavy atom. The van der Waals surface area contributed by atoms with Gasteiger partial charge < -0.3 is 9.64 Å². The smallest absolute Gasteiger partial charge is 0.410 e. The van der Waals surface area contributed by atoms with Crippen LogP contribution in [0.15, 0.2) is 30.3 Å². The molecule has 2 heterocycles. The molecule has 0 N–H and O–H groups in total. The van der Waals surface area contributed by atoms with E-state index in [1.54, 1.807) is 0 Å². The van der Waals surface area contributed by atoms with Crippen molar-refractivity contribution in [3.05, 3.63) is 35.9 Å². The summed E-state index contributed by atoms with van der Waals surface area (Å²) in [7, 11) is 0. The monoisotopic (exact) mass is 337 g/mol. The predicted octanol–water partition coefficient (Wildman–Crippen LogP) is 4.37. The van der Waals surface area contributed by atoms with E-state index < -0.39 is 0 Å². The number of ether oxygens (including phenoxy) is 1. The number of amides is 1. The summed E-state index contributed by atoms with van der Waals surface area (Å²) >= 11 is 4.16. The van der Waals surface area contributed by atoms with Gasteiger partial charge in [-0.15, -0.1) is 23.5 Å². The number of hydrogen-bond acceptors (Lipinski definition) is 4. The molecule has 5 heteroatoms. The zero-order valence-electron chi connectivity index (χ0n) is 13.2. The molecule has 0 bridgehead atoms. The molecule has 1 aromatic carbocycles. The van der Waals surface area contributed by atoms with Crippen LogP contribution in [0.2, 0.25) is 0 Å². The number of benzene rings is 1. The van der Waals surface area contributed by atoms with E-state index in [9.17, 15) is 4.79 Å². The van der Waals surface area contributed by atoms with Crippen molar-refractivity contribution in [2.75, 3.05) is 11.5 Å². The van der Waals surface area contributed by atoms with Crippen LogP contribution in [0.3, 0.4) is 0 Å². The summed E-state index contributed by atoms with van der Waals surface area (Å²) in [6.45, 7) is 4.66. The van der Waals surface area contributed by atoms with Crippen LogP contribution in [-0.2, 0) is 11.3 Å². The molecule has 1 amide bonds. The van der Waals surface area contributed by atoms with E-state index in [2.05, 4.69) is 37.4 Å². The lowest BCUT2D eigenvalue weighted by Crippen LogP contribution is -2.53. The van der Waals surface area contributed by atoms with Crippen LogP contribution in [0.4, 0.5) is 4.79 Å². The first-order valence-corrected chi connectivity index (χ1v) is 9.84. The molecule has 2 atom stereocenters. The minimum Gasteiger partial charge on any atom is -0.445 e. The number of rotatable bonds is 2. The summed E-state index contributed by atoms with van der Waals surface area (Å²) in [5.74, 6) is 2.48. The fourth-order valence-electron chi connectivity index (χ4n) is 3.50. The lowest BCUT2D eigenvalue weighted by molar-refractivity contribution is 0.0502. The molecule has 0 saturated carbocycles. The zero-order chi connectivity index (χ0) is 15.6. The third-order valence-electron chi connectivity index (χ3n) is 4.39. The van der Waals surface area contributed by atoms with Gasteiger partial charge in [0.1, 0.15) is 6.61 Å². The van der Waals surface area contributed by atoms with Gasteiger partial charge in [-0.1, -0.05) is 30.3 Å². The second-order valence-electron chi connectivity index (χ2n) is 6.16. The Morgan fingerprint density at radius 2 is 1.77 bits per heavy atom. The van der Waals surface area contributed by atoms with E-state index in [1.807, 2.05) is 35.2 Å². The van der Waals surface area contributed by atoms with Crippen molar-refractivity contribution in [2.24, 2.45) is 0 Å². The molecule has 1 aromatic rings. The lowest BCUT2D eigenvalue weighted by atomic mass is 9.97. The van der Waals surface area contributed by atoms with Gasteiger partial charge in [-0.2, -0.15) is 0 Å². The molecule has 2 fully saturated rings. The quantitative estimate of drug-likeness (QED) is 0.801. The van der Waals surface area contributed by atoms with Crippen molar-refractivity contribution >= 4 is 29.6 Å². The average molecular weight is 338 g/mol. The highest BCUT2D eigenvalue weighted by Crippen LogP contribution is 2.53. The fourth-order valence-corrected chi connectivity index (χ4v) is 7.18. The Bertz CT molecular complexity index is 503. The highest BCUT2D eigenvalue weighted by molar-refractivity contribution is 8.21. The largest absolute Gasteiger partial charge is 0.445 e. The maximum absolute atomic E-state index is 12.5. The van der Waals surface area contributed by atoms with Gasteiger partial charge in [0, 0.05) is 23.6 Å². The molecule has 0 aromatic heterocycles. The Balaban J connectivity index is 1.60. The average Bonchev–Trinajstić information content (AvgIpc) is 2.93. The normalized spacial score (nSPS) is 27.1. The van der Waals surface area contributed by atoms with Crippen LogP contribution in [-0.4, -0.2) is 38.7 Å². The second kappa shape index (κ2) is 6.75. The van der Waals surface area contributed by atoms with Crippen molar-refractivity contribution in [1.29, 1.82) is 0 Å². The van der Waals surface area contributed by atoms with Gasteiger partial charge in [-0.05, 0) is 32.3 Å². The van der Waals surface area contributed by atoms with Crippen molar-refractivity contribution in [1.82, 2.24) is 4.90 Å². The fraction of sp³-hybridized carbons (Fsp3) is 0.588. The number of carbonyl (C=O) groups is 1.